The smallest absolute Gasteiger partial charge is 0.329 e. The molecule has 4 rings (SSSR count). The SMILES string of the molecule is COc1ccc(OC[C@H](O)Cn2c(N/N=C\c3ccc([N+](=O)[O-])cc3)nc3c2c(=O)[nH]c(=O)n3C)cc1. The van der Waals surface area contributed by atoms with Gasteiger partial charge in [0.15, 0.2) is 11.2 Å². The first kappa shape index (κ1) is 25.1. The van der Waals surface area contributed by atoms with Crippen molar-refractivity contribution >= 4 is 29.0 Å². The minimum Gasteiger partial charge on any atom is -0.497 e. The number of aromatic nitrogens is 4. The second-order valence-electron chi connectivity index (χ2n) is 7.90. The van der Waals surface area contributed by atoms with E-state index >= 15 is 0 Å². The lowest BCUT2D eigenvalue weighted by Gasteiger charge is -2.15. The molecule has 0 aliphatic heterocycles. The van der Waals surface area contributed by atoms with Crippen LogP contribution in [-0.2, 0) is 13.6 Å². The topological polar surface area (TPSA) is 179 Å². The predicted octanol–water partition coefficient (Wildman–Crippen LogP) is 1.23. The Morgan fingerprint density at radius 1 is 1.19 bits per heavy atom. The van der Waals surface area contributed by atoms with Crippen LogP contribution in [0.4, 0.5) is 11.6 Å². The van der Waals surface area contributed by atoms with Crippen molar-refractivity contribution in [3.8, 4) is 11.5 Å². The average Bonchev–Trinajstić information content (AvgIpc) is 3.25. The molecule has 0 fully saturated rings. The minimum atomic E-state index is -1.06. The summed E-state index contributed by atoms with van der Waals surface area (Å²) in [5.74, 6) is 1.26. The van der Waals surface area contributed by atoms with Crippen LogP contribution in [0.1, 0.15) is 5.56 Å². The second-order valence-corrected chi connectivity index (χ2v) is 7.90. The standard InChI is InChI=1S/C23H23N7O7/c1-28-20-19(21(32)26-23(28)33)29(12-16(31)13-37-18-9-7-17(36-2)8-10-18)22(25-20)27-24-11-14-3-5-15(6-4-14)30(34)35/h3-11,16,31H,12-13H2,1-2H3,(H,25,27)(H,26,32,33)/b24-11-/t16-/m1/s1. The van der Waals surface area contributed by atoms with Gasteiger partial charge in [0.05, 0.1) is 24.8 Å². The number of imidazole rings is 1. The molecule has 0 amide bonds. The number of rotatable bonds is 10. The summed E-state index contributed by atoms with van der Waals surface area (Å²) < 4.78 is 13.3. The fraction of sp³-hybridized carbons (Fsp3) is 0.217. The highest BCUT2D eigenvalue weighted by Gasteiger charge is 2.20. The third kappa shape index (κ3) is 5.65. The number of H-pyrrole nitrogens is 1. The number of nitrogens with zero attached hydrogens (tertiary/aromatic N) is 5. The number of ether oxygens (including phenoxy) is 2. The number of non-ortho nitro benzene ring substituents is 1. The zero-order chi connectivity index (χ0) is 26.5. The molecule has 2 aromatic carbocycles. The first-order chi connectivity index (χ1) is 17.8. The number of methoxy groups -OCH3 is 1. The van der Waals surface area contributed by atoms with Crippen LogP contribution in [-0.4, -0.2) is 55.2 Å². The van der Waals surface area contributed by atoms with E-state index in [1.165, 1.54) is 46.7 Å². The molecule has 0 unspecified atom stereocenters. The monoisotopic (exact) mass is 509 g/mol. The third-order valence-corrected chi connectivity index (χ3v) is 5.38. The maximum atomic E-state index is 12.6. The van der Waals surface area contributed by atoms with Crippen molar-refractivity contribution in [3.05, 3.63) is 85.0 Å². The normalized spacial score (nSPS) is 12.1. The van der Waals surface area contributed by atoms with E-state index < -0.39 is 22.3 Å². The number of aliphatic hydroxyl groups excluding tert-OH is 1. The second kappa shape index (κ2) is 10.7. The van der Waals surface area contributed by atoms with Gasteiger partial charge in [-0.05, 0) is 42.0 Å². The van der Waals surface area contributed by atoms with Crippen molar-refractivity contribution in [2.75, 3.05) is 19.1 Å². The summed E-state index contributed by atoms with van der Waals surface area (Å²) in [6.45, 7) is -0.204. The molecular weight excluding hydrogens is 486 g/mol. The van der Waals surface area contributed by atoms with Gasteiger partial charge in [-0.1, -0.05) is 0 Å². The van der Waals surface area contributed by atoms with E-state index in [2.05, 4.69) is 20.5 Å². The van der Waals surface area contributed by atoms with Crippen molar-refractivity contribution in [1.29, 1.82) is 0 Å². The molecule has 0 aliphatic rings. The molecule has 0 radical (unpaired) electrons. The Bertz CT molecular complexity index is 1550. The molecule has 14 heteroatoms. The Kier molecular flexibility index (Phi) is 7.29. The zero-order valence-corrected chi connectivity index (χ0v) is 19.8. The number of benzene rings is 2. The minimum absolute atomic E-state index is 0.0543. The maximum absolute atomic E-state index is 12.6. The molecule has 0 saturated heterocycles. The number of hydrogen-bond donors (Lipinski definition) is 3. The first-order valence-corrected chi connectivity index (χ1v) is 10.9. The largest absolute Gasteiger partial charge is 0.497 e. The van der Waals surface area contributed by atoms with Gasteiger partial charge in [-0.25, -0.2) is 10.2 Å². The molecule has 2 heterocycles. The highest BCUT2D eigenvalue weighted by molar-refractivity contribution is 5.81. The van der Waals surface area contributed by atoms with E-state index in [1.54, 1.807) is 31.4 Å². The van der Waals surface area contributed by atoms with Crippen LogP contribution in [0.15, 0.2) is 63.2 Å². The number of fused-ring (bicyclic) bond motifs is 1. The highest BCUT2D eigenvalue weighted by Crippen LogP contribution is 2.19. The number of nitrogens with one attached hydrogen (secondary N) is 2. The van der Waals surface area contributed by atoms with Crippen LogP contribution in [0.25, 0.3) is 11.2 Å². The van der Waals surface area contributed by atoms with Crippen molar-refractivity contribution in [2.24, 2.45) is 12.1 Å². The lowest BCUT2D eigenvalue weighted by molar-refractivity contribution is -0.384. The molecule has 2 aromatic heterocycles. The zero-order valence-electron chi connectivity index (χ0n) is 19.8. The third-order valence-electron chi connectivity index (χ3n) is 5.38. The Morgan fingerprint density at radius 3 is 2.51 bits per heavy atom. The van der Waals surface area contributed by atoms with Crippen LogP contribution in [0.2, 0.25) is 0 Å². The van der Waals surface area contributed by atoms with Crippen molar-refractivity contribution in [1.82, 2.24) is 19.1 Å². The first-order valence-electron chi connectivity index (χ1n) is 10.9. The van der Waals surface area contributed by atoms with Crippen LogP contribution >= 0.6 is 0 Å². The van der Waals surface area contributed by atoms with Gasteiger partial charge in [-0.3, -0.25) is 24.5 Å². The molecule has 37 heavy (non-hydrogen) atoms. The lowest BCUT2D eigenvalue weighted by Crippen LogP contribution is -2.30. The summed E-state index contributed by atoms with van der Waals surface area (Å²) in [6, 6.07) is 12.5. The van der Waals surface area contributed by atoms with Crippen LogP contribution in [0.5, 0.6) is 11.5 Å². The molecule has 0 aliphatic carbocycles. The Morgan fingerprint density at radius 2 is 1.86 bits per heavy atom. The van der Waals surface area contributed by atoms with Gasteiger partial charge in [0, 0.05) is 19.2 Å². The molecule has 192 valence electrons. The molecule has 14 nitrogen and oxygen atoms in total. The van der Waals surface area contributed by atoms with Gasteiger partial charge in [-0.2, -0.15) is 10.1 Å². The molecule has 4 aromatic rings. The van der Waals surface area contributed by atoms with Gasteiger partial charge >= 0.3 is 5.69 Å². The summed E-state index contributed by atoms with van der Waals surface area (Å²) in [6.07, 6.45) is 0.343. The number of hydrazone groups is 1. The van der Waals surface area contributed by atoms with Crippen molar-refractivity contribution in [3.63, 3.8) is 0 Å². The van der Waals surface area contributed by atoms with E-state index in [0.29, 0.717) is 17.1 Å². The molecule has 0 bridgehead atoms. The van der Waals surface area contributed by atoms with E-state index in [4.69, 9.17) is 9.47 Å². The number of hydrogen-bond acceptors (Lipinski definition) is 10. The summed E-state index contributed by atoms with van der Waals surface area (Å²) in [4.78, 5) is 41.5. The van der Waals surface area contributed by atoms with E-state index in [9.17, 15) is 24.8 Å². The predicted molar refractivity (Wildman–Crippen MR) is 134 cm³/mol. The summed E-state index contributed by atoms with van der Waals surface area (Å²) in [5, 5.41) is 25.6. The average molecular weight is 509 g/mol. The number of nitro groups is 1. The van der Waals surface area contributed by atoms with Gasteiger partial charge in [0.1, 0.15) is 24.2 Å². The summed E-state index contributed by atoms with van der Waals surface area (Å²) in [7, 11) is 3.00. The van der Waals surface area contributed by atoms with E-state index in [-0.39, 0.29) is 36.0 Å². The molecular formula is C23H23N7O7. The number of aromatic amines is 1. The summed E-state index contributed by atoms with van der Waals surface area (Å²) >= 11 is 0. The highest BCUT2D eigenvalue weighted by atomic mass is 16.6. The molecule has 1 atom stereocenters. The number of aliphatic hydroxyl groups is 1. The maximum Gasteiger partial charge on any atom is 0.329 e. The number of anilines is 1. The fourth-order valence-corrected chi connectivity index (χ4v) is 3.47. The number of aryl methyl sites for hydroxylation is 1. The summed E-state index contributed by atoms with van der Waals surface area (Å²) in [5.41, 5.74) is 2.03. The van der Waals surface area contributed by atoms with Crippen molar-refractivity contribution in [2.45, 2.75) is 12.6 Å². The van der Waals surface area contributed by atoms with Crippen LogP contribution in [0.3, 0.4) is 0 Å². The number of nitro benzene ring substituents is 1. The molecule has 3 N–H and O–H groups in total. The fourth-order valence-electron chi connectivity index (χ4n) is 3.47. The van der Waals surface area contributed by atoms with Crippen LogP contribution < -0.4 is 26.1 Å². The van der Waals surface area contributed by atoms with Gasteiger partial charge in [0.25, 0.3) is 11.2 Å². The Balaban J connectivity index is 1.57. The lowest BCUT2D eigenvalue weighted by atomic mass is 10.2. The Hall–Kier alpha value is -4.98. The van der Waals surface area contributed by atoms with Crippen molar-refractivity contribution < 1.29 is 19.5 Å². The molecule has 0 saturated carbocycles. The van der Waals surface area contributed by atoms with Gasteiger partial charge in [-0.15, -0.1) is 0 Å². The Labute approximate surface area is 208 Å². The van der Waals surface area contributed by atoms with Crippen LogP contribution in [0, 0.1) is 10.1 Å². The molecule has 0 spiro atoms. The van der Waals surface area contributed by atoms with Gasteiger partial charge in [0.2, 0.25) is 5.95 Å². The quantitative estimate of drug-likeness (QED) is 0.161. The van der Waals surface area contributed by atoms with E-state index in [0.717, 1.165) is 0 Å². The van der Waals surface area contributed by atoms with Gasteiger partial charge < -0.3 is 19.1 Å². The van der Waals surface area contributed by atoms with E-state index in [1.807, 2.05) is 0 Å².